The lowest BCUT2D eigenvalue weighted by atomic mass is 10.1. The zero-order chi connectivity index (χ0) is 17.0. The predicted molar refractivity (Wildman–Crippen MR) is 85.6 cm³/mol. The van der Waals surface area contributed by atoms with Crippen molar-refractivity contribution in [1.82, 2.24) is 10.2 Å². The fourth-order valence-electron chi connectivity index (χ4n) is 2.80. The van der Waals surface area contributed by atoms with Gasteiger partial charge in [-0.15, -0.1) is 0 Å². The van der Waals surface area contributed by atoms with E-state index >= 15 is 0 Å². The Kier molecular flexibility index (Phi) is 5.83. The molecule has 6 nitrogen and oxygen atoms in total. The zero-order valence-electron chi connectivity index (χ0n) is 13.7. The van der Waals surface area contributed by atoms with Crippen molar-refractivity contribution in [2.45, 2.75) is 11.3 Å². The number of sulfone groups is 1. The molecule has 0 saturated carbocycles. The third-order valence-corrected chi connectivity index (χ3v) is 5.03. The molecular formula is C15H23FN2O4S. The third kappa shape index (κ3) is 4.13. The summed E-state index contributed by atoms with van der Waals surface area (Å²) < 4.78 is 48.4. The highest BCUT2D eigenvalue weighted by Crippen LogP contribution is 2.39. The van der Waals surface area contributed by atoms with Gasteiger partial charge in [-0.05, 0) is 12.5 Å². The Bertz CT molecular complexity index is 658. The number of ether oxygens (including phenoxy) is 2. The first kappa shape index (κ1) is 18.0. The summed E-state index contributed by atoms with van der Waals surface area (Å²) in [5.41, 5.74) is 0.604. The number of halogens is 1. The summed E-state index contributed by atoms with van der Waals surface area (Å²) in [5.74, 6) is -0.588. The van der Waals surface area contributed by atoms with Gasteiger partial charge in [0.05, 0.1) is 14.2 Å². The molecule has 1 aliphatic heterocycles. The molecule has 0 bridgehead atoms. The van der Waals surface area contributed by atoms with Crippen LogP contribution < -0.4 is 14.8 Å². The normalized spacial score (nSPS) is 16.3. The molecule has 8 heteroatoms. The van der Waals surface area contributed by atoms with Crippen molar-refractivity contribution >= 4 is 9.84 Å². The highest BCUT2D eigenvalue weighted by molar-refractivity contribution is 7.90. The topological polar surface area (TPSA) is 67.9 Å². The van der Waals surface area contributed by atoms with Crippen LogP contribution in [-0.4, -0.2) is 66.5 Å². The van der Waals surface area contributed by atoms with Gasteiger partial charge in [0, 0.05) is 44.5 Å². The number of piperazine rings is 1. The van der Waals surface area contributed by atoms with E-state index in [1.54, 1.807) is 0 Å². The first-order chi connectivity index (χ1) is 10.9. The average Bonchev–Trinajstić information content (AvgIpc) is 2.51. The van der Waals surface area contributed by atoms with Crippen LogP contribution in [-0.2, 0) is 16.3 Å². The maximum Gasteiger partial charge on any atom is 0.182 e. The molecule has 1 saturated heterocycles. The van der Waals surface area contributed by atoms with Gasteiger partial charge in [-0.1, -0.05) is 0 Å². The molecule has 1 aromatic rings. The summed E-state index contributed by atoms with van der Waals surface area (Å²) >= 11 is 0. The van der Waals surface area contributed by atoms with Gasteiger partial charge >= 0.3 is 0 Å². The lowest BCUT2D eigenvalue weighted by Gasteiger charge is -2.27. The van der Waals surface area contributed by atoms with Crippen LogP contribution in [0.5, 0.6) is 11.5 Å². The minimum atomic E-state index is -3.76. The molecule has 0 spiro atoms. The molecule has 0 unspecified atom stereocenters. The maximum atomic E-state index is 14.3. The number of hydrogen-bond donors (Lipinski definition) is 1. The fraction of sp³-hybridized carbons (Fsp3) is 0.600. The van der Waals surface area contributed by atoms with E-state index in [2.05, 4.69) is 10.2 Å². The highest BCUT2D eigenvalue weighted by Gasteiger charge is 2.26. The van der Waals surface area contributed by atoms with E-state index in [4.69, 9.17) is 9.47 Å². The van der Waals surface area contributed by atoms with Crippen molar-refractivity contribution in [3.05, 3.63) is 17.4 Å². The summed E-state index contributed by atoms with van der Waals surface area (Å²) in [5, 5.41) is 3.27. The SMILES string of the molecule is COc1c(CCN2CCNCC2)cc(F)c(S(C)(=O)=O)c1OC. The summed E-state index contributed by atoms with van der Waals surface area (Å²) in [7, 11) is -1.02. The van der Waals surface area contributed by atoms with Crippen LogP contribution >= 0.6 is 0 Å². The van der Waals surface area contributed by atoms with E-state index in [1.807, 2.05) is 0 Å². The van der Waals surface area contributed by atoms with Crippen molar-refractivity contribution in [2.24, 2.45) is 0 Å². The fourth-order valence-corrected chi connectivity index (χ4v) is 3.72. The Morgan fingerprint density at radius 2 is 1.83 bits per heavy atom. The average molecular weight is 346 g/mol. The van der Waals surface area contributed by atoms with Crippen molar-refractivity contribution in [3.8, 4) is 11.5 Å². The third-order valence-electron chi connectivity index (χ3n) is 3.91. The molecule has 130 valence electrons. The van der Waals surface area contributed by atoms with Gasteiger partial charge in [-0.2, -0.15) is 0 Å². The number of benzene rings is 1. The van der Waals surface area contributed by atoms with Crippen molar-refractivity contribution < 1.29 is 22.3 Å². The molecule has 0 aliphatic carbocycles. The van der Waals surface area contributed by atoms with E-state index in [0.29, 0.717) is 12.0 Å². The number of nitrogens with one attached hydrogen (secondary N) is 1. The Hall–Kier alpha value is -1.38. The molecule has 0 aromatic heterocycles. The Balaban J connectivity index is 2.34. The highest BCUT2D eigenvalue weighted by atomic mass is 32.2. The molecule has 1 fully saturated rings. The van der Waals surface area contributed by atoms with Crippen LogP contribution in [0.25, 0.3) is 0 Å². The van der Waals surface area contributed by atoms with Gasteiger partial charge in [-0.3, -0.25) is 0 Å². The quantitative estimate of drug-likeness (QED) is 0.818. The van der Waals surface area contributed by atoms with Crippen LogP contribution in [0.4, 0.5) is 4.39 Å². The Morgan fingerprint density at radius 3 is 2.35 bits per heavy atom. The smallest absolute Gasteiger partial charge is 0.182 e. The summed E-state index contributed by atoms with van der Waals surface area (Å²) in [6.07, 6.45) is 1.51. The number of nitrogens with zero attached hydrogens (tertiary/aromatic N) is 1. The zero-order valence-corrected chi connectivity index (χ0v) is 14.5. The summed E-state index contributed by atoms with van der Waals surface area (Å²) in [6.45, 7) is 4.48. The monoisotopic (exact) mass is 346 g/mol. The molecule has 1 N–H and O–H groups in total. The minimum absolute atomic E-state index is 0.0645. The van der Waals surface area contributed by atoms with Gasteiger partial charge < -0.3 is 19.7 Å². The molecule has 0 radical (unpaired) electrons. The van der Waals surface area contributed by atoms with E-state index < -0.39 is 20.5 Å². The second-order valence-electron chi connectivity index (χ2n) is 5.53. The van der Waals surface area contributed by atoms with Crippen LogP contribution in [0.15, 0.2) is 11.0 Å². The van der Waals surface area contributed by atoms with Crippen LogP contribution in [0.1, 0.15) is 5.56 Å². The first-order valence-electron chi connectivity index (χ1n) is 7.45. The number of hydrogen-bond acceptors (Lipinski definition) is 6. The van der Waals surface area contributed by atoms with Gasteiger partial charge in [0.25, 0.3) is 0 Å². The van der Waals surface area contributed by atoms with Crippen molar-refractivity contribution in [2.75, 3.05) is 53.2 Å². The second-order valence-corrected chi connectivity index (χ2v) is 7.48. The summed E-state index contributed by atoms with van der Waals surface area (Å²) in [6, 6.07) is 1.24. The second kappa shape index (κ2) is 7.46. The van der Waals surface area contributed by atoms with Crippen molar-refractivity contribution in [1.29, 1.82) is 0 Å². The maximum absolute atomic E-state index is 14.3. The van der Waals surface area contributed by atoms with Crippen LogP contribution in [0.3, 0.4) is 0 Å². The van der Waals surface area contributed by atoms with Crippen LogP contribution in [0.2, 0.25) is 0 Å². The van der Waals surface area contributed by atoms with E-state index in [-0.39, 0.29) is 11.5 Å². The molecule has 0 atom stereocenters. The van der Waals surface area contributed by atoms with E-state index in [1.165, 1.54) is 20.3 Å². The lowest BCUT2D eigenvalue weighted by Crippen LogP contribution is -2.44. The minimum Gasteiger partial charge on any atom is -0.493 e. The largest absolute Gasteiger partial charge is 0.493 e. The summed E-state index contributed by atoms with van der Waals surface area (Å²) in [4.78, 5) is 1.81. The van der Waals surface area contributed by atoms with Crippen LogP contribution in [0, 0.1) is 5.82 Å². The molecule has 0 amide bonds. The Labute approximate surface area is 136 Å². The molecule has 1 aliphatic rings. The number of methoxy groups -OCH3 is 2. The Morgan fingerprint density at radius 1 is 1.22 bits per heavy atom. The van der Waals surface area contributed by atoms with Gasteiger partial charge in [0.2, 0.25) is 0 Å². The van der Waals surface area contributed by atoms with Gasteiger partial charge in [0.15, 0.2) is 21.3 Å². The van der Waals surface area contributed by atoms with Gasteiger partial charge in [-0.25, -0.2) is 12.8 Å². The van der Waals surface area contributed by atoms with Gasteiger partial charge in [0.1, 0.15) is 10.7 Å². The standard InChI is InChI=1S/C15H23FN2O4S/c1-21-13-11(4-7-18-8-5-17-6-9-18)10-12(16)15(14(13)22-2)23(3,19)20/h10,17H,4-9H2,1-3H3. The molecule has 1 aromatic carbocycles. The molecule has 23 heavy (non-hydrogen) atoms. The lowest BCUT2D eigenvalue weighted by molar-refractivity contribution is 0.242. The number of rotatable bonds is 6. The van der Waals surface area contributed by atoms with Crippen molar-refractivity contribution in [3.63, 3.8) is 0 Å². The van der Waals surface area contributed by atoms with E-state index in [9.17, 15) is 12.8 Å². The van der Waals surface area contributed by atoms with E-state index in [0.717, 1.165) is 39.0 Å². The molecule has 2 rings (SSSR count). The predicted octanol–water partition coefficient (Wildman–Crippen LogP) is 0.694. The molecular weight excluding hydrogens is 323 g/mol. The molecule has 1 heterocycles. The first-order valence-corrected chi connectivity index (χ1v) is 9.34.